The van der Waals surface area contributed by atoms with Crippen LogP contribution in [0.2, 0.25) is 0 Å². The average molecular weight is 703 g/mol. The third-order valence-corrected chi connectivity index (χ3v) is 8.33. The van der Waals surface area contributed by atoms with Gasteiger partial charge in [0.25, 0.3) is 0 Å². The molecule has 2 amide bonds. The van der Waals surface area contributed by atoms with Gasteiger partial charge in [0.2, 0.25) is 11.8 Å². The van der Waals surface area contributed by atoms with Crippen LogP contribution in [0.25, 0.3) is 0 Å². The number of unbranched alkanes of at least 4 members (excludes halogenated alkanes) is 1. The van der Waals surface area contributed by atoms with Crippen LogP contribution >= 0.6 is 0 Å². The van der Waals surface area contributed by atoms with Crippen molar-refractivity contribution in [1.82, 2.24) is 10.6 Å². The van der Waals surface area contributed by atoms with Gasteiger partial charge in [0, 0.05) is 18.4 Å². The number of amides is 2. The van der Waals surface area contributed by atoms with Gasteiger partial charge in [-0.25, -0.2) is 4.79 Å². The summed E-state index contributed by atoms with van der Waals surface area (Å²) in [5.41, 5.74) is 1.55. The van der Waals surface area contributed by atoms with Gasteiger partial charge in [-0.05, 0) is 108 Å². The van der Waals surface area contributed by atoms with Crippen molar-refractivity contribution in [2.45, 2.75) is 124 Å². The van der Waals surface area contributed by atoms with Crippen LogP contribution in [0.1, 0.15) is 115 Å². The standard InChI is InChI=1S/C44H66N2O5/c1-7-8-9-10-11-12-13-14-15-16-17-18-19-20-21-22-23-24-25-30-41(47)45-34-27-26-29-39(42(48)50-6)46-43(49)44(4,5)33-28-35-51-40-36-37(2)31-32-38(40)3/h8-9,11-12,14-15,17-18,20-21,23-24,31-32,36,39H,7,10,13,16,19,22,25-30,33-35H2,1-6H3,(H,45,47)(H,46,49)/b9-8-,12-11-,15-14-,18-17-,21-20-,24-23-. The zero-order valence-electron chi connectivity index (χ0n) is 32.4. The molecule has 7 heteroatoms. The first kappa shape index (κ1) is 44.9. The Hall–Kier alpha value is -4.13. The van der Waals surface area contributed by atoms with E-state index in [9.17, 15) is 14.4 Å². The van der Waals surface area contributed by atoms with Gasteiger partial charge in [-0.3, -0.25) is 9.59 Å². The second kappa shape index (κ2) is 28.6. The van der Waals surface area contributed by atoms with E-state index in [0.717, 1.165) is 55.4 Å². The molecule has 1 rings (SSSR count). The number of aryl methyl sites for hydroxylation is 2. The van der Waals surface area contributed by atoms with Crippen LogP contribution in [0.4, 0.5) is 0 Å². The minimum atomic E-state index is -0.725. The molecule has 0 aromatic heterocycles. The second-order valence-electron chi connectivity index (χ2n) is 13.5. The van der Waals surface area contributed by atoms with Crippen molar-refractivity contribution in [3.8, 4) is 5.75 Å². The van der Waals surface area contributed by atoms with Crippen molar-refractivity contribution in [1.29, 1.82) is 0 Å². The summed E-state index contributed by atoms with van der Waals surface area (Å²) in [6, 6.07) is 5.39. The Labute approximate surface area is 309 Å². The molecule has 0 bridgehead atoms. The lowest BCUT2D eigenvalue weighted by Crippen LogP contribution is -2.47. The summed E-state index contributed by atoms with van der Waals surface area (Å²) < 4.78 is 10.9. The predicted octanol–water partition coefficient (Wildman–Crippen LogP) is 9.91. The molecule has 0 aliphatic carbocycles. The fourth-order valence-corrected chi connectivity index (χ4v) is 5.06. The lowest BCUT2D eigenvalue weighted by atomic mass is 9.86. The number of ether oxygens (including phenoxy) is 2. The van der Waals surface area contributed by atoms with Gasteiger partial charge >= 0.3 is 5.97 Å². The van der Waals surface area contributed by atoms with Crippen LogP contribution in [-0.4, -0.2) is 44.1 Å². The molecule has 0 saturated carbocycles. The molecule has 1 atom stereocenters. The van der Waals surface area contributed by atoms with E-state index in [1.54, 1.807) is 0 Å². The number of allylic oxidation sites excluding steroid dienone is 12. The van der Waals surface area contributed by atoms with Gasteiger partial charge in [0.15, 0.2) is 0 Å². The number of benzene rings is 1. The zero-order valence-corrected chi connectivity index (χ0v) is 32.4. The summed E-state index contributed by atoms with van der Waals surface area (Å²) in [6.07, 6.45) is 36.1. The molecule has 1 aromatic carbocycles. The van der Waals surface area contributed by atoms with Crippen molar-refractivity contribution >= 4 is 17.8 Å². The van der Waals surface area contributed by atoms with Crippen LogP contribution in [0.3, 0.4) is 0 Å². The van der Waals surface area contributed by atoms with Crippen LogP contribution in [0.5, 0.6) is 5.75 Å². The largest absolute Gasteiger partial charge is 0.493 e. The maximum Gasteiger partial charge on any atom is 0.328 e. The van der Waals surface area contributed by atoms with Crippen molar-refractivity contribution < 1.29 is 23.9 Å². The smallest absolute Gasteiger partial charge is 0.328 e. The molecule has 0 aliphatic rings. The maximum atomic E-state index is 13.1. The van der Waals surface area contributed by atoms with Crippen molar-refractivity contribution in [3.63, 3.8) is 0 Å². The third-order valence-electron chi connectivity index (χ3n) is 8.33. The van der Waals surface area contributed by atoms with E-state index in [0.29, 0.717) is 58.1 Å². The molecule has 0 aliphatic heterocycles. The van der Waals surface area contributed by atoms with Crippen LogP contribution < -0.4 is 15.4 Å². The fourth-order valence-electron chi connectivity index (χ4n) is 5.06. The van der Waals surface area contributed by atoms with E-state index < -0.39 is 17.4 Å². The van der Waals surface area contributed by atoms with Gasteiger partial charge in [0.1, 0.15) is 11.8 Å². The highest BCUT2D eigenvalue weighted by Gasteiger charge is 2.31. The number of esters is 1. The van der Waals surface area contributed by atoms with Gasteiger partial charge in [0.05, 0.1) is 13.7 Å². The molecule has 0 heterocycles. The topological polar surface area (TPSA) is 93.7 Å². The monoisotopic (exact) mass is 702 g/mol. The molecule has 7 nitrogen and oxygen atoms in total. The van der Waals surface area contributed by atoms with Crippen molar-refractivity contribution in [2.24, 2.45) is 5.41 Å². The summed E-state index contributed by atoms with van der Waals surface area (Å²) in [4.78, 5) is 37.8. The molecule has 0 fully saturated rings. The Kier molecular flexibility index (Phi) is 25.1. The quantitative estimate of drug-likeness (QED) is 0.0541. The number of carbonyl (C=O) groups excluding carboxylic acids is 3. The number of methoxy groups -OCH3 is 1. The number of nitrogens with one attached hydrogen (secondary N) is 2. The maximum absolute atomic E-state index is 13.1. The molecule has 1 unspecified atom stereocenters. The van der Waals surface area contributed by atoms with Crippen molar-refractivity contribution in [2.75, 3.05) is 20.3 Å². The lowest BCUT2D eigenvalue weighted by Gasteiger charge is -2.26. The molecule has 0 saturated heterocycles. The van der Waals surface area contributed by atoms with E-state index in [-0.39, 0.29) is 11.8 Å². The highest BCUT2D eigenvalue weighted by atomic mass is 16.5. The Morgan fingerprint density at radius 1 is 0.784 bits per heavy atom. The number of carbonyl (C=O) groups is 3. The number of hydrogen-bond acceptors (Lipinski definition) is 5. The summed E-state index contributed by atoms with van der Waals surface area (Å²) in [5, 5.41) is 5.85. The Morgan fingerprint density at radius 3 is 1.92 bits per heavy atom. The first-order chi connectivity index (χ1) is 24.6. The van der Waals surface area contributed by atoms with E-state index in [2.05, 4.69) is 90.5 Å². The highest BCUT2D eigenvalue weighted by Crippen LogP contribution is 2.25. The Bertz CT molecular complexity index is 1320. The van der Waals surface area contributed by atoms with Crippen LogP contribution in [0.15, 0.2) is 91.1 Å². The number of hydrogen-bond donors (Lipinski definition) is 2. The van der Waals surface area contributed by atoms with E-state index >= 15 is 0 Å². The first-order valence-corrected chi connectivity index (χ1v) is 18.9. The normalized spacial score (nSPS) is 13.0. The molecular formula is C44H66N2O5. The van der Waals surface area contributed by atoms with Gasteiger partial charge < -0.3 is 20.1 Å². The van der Waals surface area contributed by atoms with Crippen LogP contribution in [0, 0.1) is 19.3 Å². The first-order valence-electron chi connectivity index (χ1n) is 18.9. The molecule has 0 spiro atoms. The van der Waals surface area contributed by atoms with Gasteiger partial charge in [-0.2, -0.15) is 0 Å². The predicted molar refractivity (Wildman–Crippen MR) is 213 cm³/mol. The second-order valence-corrected chi connectivity index (χ2v) is 13.5. The summed E-state index contributed by atoms with van der Waals surface area (Å²) in [6.45, 7) is 11.0. The molecule has 282 valence electrons. The van der Waals surface area contributed by atoms with Crippen molar-refractivity contribution in [3.05, 3.63) is 102 Å². The summed E-state index contributed by atoms with van der Waals surface area (Å²) in [7, 11) is 1.33. The molecule has 0 radical (unpaired) electrons. The summed E-state index contributed by atoms with van der Waals surface area (Å²) in [5.74, 6) is 0.227. The summed E-state index contributed by atoms with van der Waals surface area (Å²) >= 11 is 0. The Balaban J connectivity index is 2.20. The third kappa shape index (κ3) is 23.1. The zero-order chi connectivity index (χ0) is 37.6. The van der Waals surface area contributed by atoms with E-state index in [1.807, 2.05) is 45.9 Å². The average Bonchev–Trinajstić information content (AvgIpc) is 3.11. The molecular weight excluding hydrogens is 636 g/mol. The fraction of sp³-hybridized carbons (Fsp3) is 0.523. The minimum absolute atomic E-state index is 0.00985. The molecule has 2 N–H and O–H groups in total. The lowest BCUT2D eigenvalue weighted by molar-refractivity contribution is -0.146. The number of rotatable bonds is 27. The molecule has 51 heavy (non-hydrogen) atoms. The van der Waals surface area contributed by atoms with E-state index in [1.165, 1.54) is 7.11 Å². The SMILES string of the molecule is CC/C=C\C/C=C\C/C=C\C/C=C\C/C=C\C/C=C\CCC(=O)NCCCCC(NC(=O)C(C)(C)CCCOc1cc(C)ccc1C)C(=O)OC. The highest BCUT2D eigenvalue weighted by molar-refractivity contribution is 5.87. The van der Waals surface area contributed by atoms with Gasteiger partial charge in [-0.1, -0.05) is 106 Å². The minimum Gasteiger partial charge on any atom is -0.493 e. The Morgan fingerprint density at radius 2 is 1.35 bits per heavy atom. The van der Waals surface area contributed by atoms with Gasteiger partial charge in [-0.15, -0.1) is 0 Å². The van der Waals surface area contributed by atoms with Crippen LogP contribution in [-0.2, 0) is 19.1 Å². The molecule has 1 aromatic rings. The van der Waals surface area contributed by atoms with E-state index in [4.69, 9.17) is 9.47 Å².